The molecule has 1 aromatic rings. The molecule has 1 rings (SSSR count). The van der Waals surface area contributed by atoms with Crippen molar-refractivity contribution in [3.05, 3.63) is 35.6 Å². The van der Waals surface area contributed by atoms with Gasteiger partial charge in [0.15, 0.2) is 0 Å². The Labute approximate surface area is 97.5 Å². The summed E-state index contributed by atoms with van der Waals surface area (Å²) in [6, 6.07) is 7.30. The molecule has 2 nitrogen and oxygen atoms in total. The standard InChI is InChI=1S/C13H21FN2/c1-11(7-8-15-2)16(3)10-12-5-4-6-13(14)9-12/h4-6,9,11,15H,7-8,10H2,1-3H3. The average Bonchev–Trinajstić information content (AvgIpc) is 2.25. The Morgan fingerprint density at radius 3 is 2.81 bits per heavy atom. The van der Waals surface area contributed by atoms with Crippen LogP contribution in [0.2, 0.25) is 0 Å². The molecule has 0 fully saturated rings. The fourth-order valence-electron chi connectivity index (χ4n) is 1.65. The normalized spacial score (nSPS) is 13.1. The van der Waals surface area contributed by atoms with Crippen LogP contribution in [0.1, 0.15) is 18.9 Å². The Bertz CT molecular complexity index is 315. The van der Waals surface area contributed by atoms with E-state index in [9.17, 15) is 4.39 Å². The second-order valence-electron chi connectivity index (χ2n) is 4.29. The lowest BCUT2D eigenvalue weighted by atomic mass is 10.1. The van der Waals surface area contributed by atoms with Crippen molar-refractivity contribution in [1.29, 1.82) is 0 Å². The van der Waals surface area contributed by atoms with E-state index in [-0.39, 0.29) is 5.82 Å². The summed E-state index contributed by atoms with van der Waals surface area (Å²) in [5, 5.41) is 3.14. The number of nitrogens with one attached hydrogen (secondary N) is 1. The summed E-state index contributed by atoms with van der Waals surface area (Å²) in [6.07, 6.45) is 1.10. The van der Waals surface area contributed by atoms with Gasteiger partial charge in [-0.2, -0.15) is 0 Å². The highest BCUT2D eigenvalue weighted by molar-refractivity contribution is 5.16. The highest BCUT2D eigenvalue weighted by Crippen LogP contribution is 2.09. The molecule has 1 atom stereocenters. The Morgan fingerprint density at radius 2 is 2.19 bits per heavy atom. The highest BCUT2D eigenvalue weighted by Gasteiger charge is 2.09. The van der Waals surface area contributed by atoms with Crippen molar-refractivity contribution in [3.63, 3.8) is 0 Å². The van der Waals surface area contributed by atoms with Crippen molar-refractivity contribution in [2.24, 2.45) is 0 Å². The van der Waals surface area contributed by atoms with Crippen LogP contribution in [0.5, 0.6) is 0 Å². The molecule has 90 valence electrons. The summed E-state index contributed by atoms with van der Waals surface area (Å²) < 4.78 is 13.0. The van der Waals surface area contributed by atoms with E-state index in [1.165, 1.54) is 6.07 Å². The van der Waals surface area contributed by atoms with Crippen LogP contribution in [0, 0.1) is 5.82 Å². The van der Waals surface area contributed by atoms with Crippen LogP contribution in [0.25, 0.3) is 0 Å². The summed E-state index contributed by atoms with van der Waals surface area (Å²) in [4.78, 5) is 2.24. The molecule has 0 bridgehead atoms. The van der Waals surface area contributed by atoms with Gasteiger partial charge in [0, 0.05) is 12.6 Å². The third-order valence-electron chi connectivity index (χ3n) is 2.89. The smallest absolute Gasteiger partial charge is 0.123 e. The van der Waals surface area contributed by atoms with E-state index in [1.807, 2.05) is 13.1 Å². The molecule has 16 heavy (non-hydrogen) atoms. The minimum atomic E-state index is -0.159. The molecular weight excluding hydrogens is 203 g/mol. The summed E-state index contributed by atoms with van der Waals surface area (Å²) in [5.41, 5.74) is 1.03. The molecule has 0 aliphatic carbocycles. The molecule has 1 aromatic carbocycles. The molecule has 1 N–H and O–H groups in total. The summed E-state index contributed by atoms with van der Waals surface area (Å²) >= 11 is 0. The van der Waals surface area contributed by atoms with Gasteiger partial charge in [-0.25, -0.2) is 4.39 Å². The van der Waals surface area contributed by atoms with E-state index in [2.05, 4.69) is 24.2 Å². The SMILES string of the molecule is CNCCC(C)N(C)Cc1cccc(F)c1. The maximum atomic E-state index is 13.0. The molecule has 0 saturated carbocycles. The predicted octanol–water partition coefficient (Wildman–Crippen LogP) is 2.26. The Morgan fingerprint density at radius 1 is 1.44 bits per heavy atom. The maximum Gasteiger partial charge on any atom is 0.123 e. The molecule has 0 aromatic heterocycles. The first kappa shape index (κ1) is 13.1. The van der Waals surface area contributed by atoms with Gasteiger partial charge in [-0.3, -0.25) is 4.90 Å². The molecule has 1 unspecified atom stereocenters. The van der Waals surface area contributed by atoms with Crippen LogP contribution >= 0.6 is 0 Å². The number of halogens is 1. The van der Waals surface area contributed by atoms with Crippen LogP contribution in [0.15, 0.2) is 24.3 Å². The van der Waals surface area contributed by atoms with Crippen LogP contribution in [0.4, 0.5) is 4.39 Å². The van der Waals surface area contributed by atoms with E-state index in [1.54, 1.807) is 12.1 Å². The molecule has 0 amide bonds. The largest absolute Gasteiger partial charge is 0.320 e. The molecule has 3 heteroatoms. The van der Waals surface area contributed by atoms with Gasteiger partial charge in [-0.1, -0.05) is 12.1 Å². The van der Waals surface area contributed by atoms with Gasteiger partial charge in [-0.05, 0) is 51.7 Å². The van der Waals surface area contributed by atoms with E-state index >= 15 is 0 Å². The second kappa shape index (κ2) is 6.61. The minimum Gasteiger partial charge on any atom is -0.320 e. The van der Waals surface area contributed by atoms with E-state index in [4.69, 9.17) is 0 Å². The topological polar surface area (TPSA) is 15.3 Å². The van der Waals surface area contributed by atoms with Crippen molar-refractivity contribution in [1.82, 2.24) is 10.2 Å². The second-order valence-corrected chi connectivity index (χ2v) is 4.29. The number of rotatable bonds is 6. The molecule has 0 aliphatic heterocycles. The van der Waals surface area contributed by atoms with Crippen LogP contribution in [0.3, 0.4) is 0 Å². The zero-order chi connectivity index (χ0) is 12.0. The van der Waals surface area contributed by atoms with Crippen LogP contribution in [-0.4, -0.2) is 31.6 Å². The monoisotopic (exact) mass is 224 g/mol. The van der Waals surface area contributed by atoms with Gasteiger partial charge in [0.25, 0.3) is 0 Å². The lowest BCUT2D eigenvalue weighted by molar-refractivity contribution is 0.237. The zero-order valence-electron chi connectivity index (χ0n) is 10.3. The maximum absolute atomic E-state index is 13.0. The molecule has 0 radical (unpaired) electrons. The van der Waals surface area contributed by atoms with Crippen LogP contribution in [-0.2, 0) is 6.54 Å². The van der Waals surface area contributed by atoms with Gasteiger partial charge >= 0.3 is 0 Å². The quantitative estimate of drug-likeness (QED) is 0.797. The summed E-state index contributed by atoms with van der Waals surface area (Å²) in [6.45, 7) is 3.99. The molecule has 0 aliphatic rings. The highest BCUT2D eigenvalue weighted by atomic mass is 19.1. The predicted molar refractivity (Wildman–Crippen MR) is 65.9 cm³/mol. The Hall–Kier alpha value is -0.930. The summed E-state index contributed by atoms with van der Waals surface area (Å²) in [7, 11) is 4.03. The first-order valence-electron chi connectivity index (χ1n) is 5.72. The first-order valence-corrected chi connectivity index (χ1v) is 5.72. The number of hydrogen-bond acceptors (Lipinski definition) is 2. The van der Waals surface area contributed by atoms with Gasteiger partial charge in [0.1, 0.15) is 5.82 Å². The van der Waals surface area contributed by atoms with Crippen molar-refractivity contribution in [2.45, 2.75) is 25.9 Å². The average molecular weight is 224 g/mol. The van der Waals surface area contributed by atoms with Gasteiger partial charge in [0.05, 0.1) is 0 Å². The van der Waals surface area contributed by atoms with E-state index in [0.29, 0.717) is 6.04 Å². The number of hydrogen-bond donors (Lipinski definition) is 1. The Kier molecular flexibility index (Phi) is 5.43. The van der Waals surface area contributed by atoms with Gasteiger partial charge in [-0.15, -0.1) is 0 Å². The number of benzene rings is 1. The lowest BCUT2D eigenvalue weighted by Gasteiger charge is -2.24. The molecule has 0 saturated heterocycles. The molecular formula is C13H21FN2. The zero-order valence-corrected chi connectivity index (χ0v) is 10.3. The minimum absolute atomic E-state index is 0.159. The third-order valence-corrected chi connectivity index (χ3v) is 2.89. The van der Waals surface area contributed by atoms with Gasteiger partial charge < -0.3 is 5.32 Å². The molecule has 0 spiro atoms. The van der Waals surface area contributed by atoms with Crippen LogP contribution < -0.4 is 5.32 Å². The number of nitrogens with zero attached hydrogens (tertiary/aromatic N) is 1. The van der Waals surface area contributed by atoms with E-state index in [0.717, 1.165) is 25.1 Å². The fourth-order valence-corrected chi connectivity index (χ4v) is 1.65. The van der Waals surface area contributed by atoms with Crippen molar-refractivity contribution in [2.75, 3.05) is 20.6 Å². The Balaban J connectivity index is 2.47. The lowest BCUT2D eigenvalue weighted by Crippen LogP contribution is -2.31. The van der Waals surface area contributed by atoms with E-state index < -0.39 is 0 Å². The van der Waals surface area contributed by atoms with Crippen molar-refractivity contribution < 1.29 is 4.39 Å². The fraction of sp³-hybridized carbons (Fsp3) is 0.538. The summed E-state index contributed by atoms with van der Waals surface area (Å²) in [5.74, 6) is -0.159. The first-order chi connectivity index (χ1) is 7.63. The van der Waals surface area contributed by atoms with Gasteiger partial charge in [0.2, 0.25) is 0 Å². The van der Waals surface area contributed by atoms with Crippen molar-refractivity contribution >= 4 is 0 Å². The third kappa shape index (κ3) is 4.29. The van der Waals surface area contributed by atoms with Crippen molar-refractivity contribution in [3.8, 4) is 0 Å². The molecule has 0 heterocycles.